The Kier molecular flexibility index (Phi) is 6.28. The number of hydrogen-bond donors (Lipinski definition) is 1. The van der Waals surface area contributed by atoms with E-state index in [1.807, 2.05) is 0 Å². The molecule has 0 bridgehead atoms. The Hall–Kier alpha value is -3.50. The van der Waals surface area contributed by atoms with Crippen LogP contribution in [-0.2, 0) is 23.1 Å². The van der Waals surface area contributed by atoms with E-state index in [4.69, 9.17) is 4.42 Å². The van der Waals surface area contributed by atoms with Gasteiger partial charge in [-0.1, -0.05) is 24.3 Å². The molecule has 3 aromatic rings. The zero-order valence-electron chi connectivity index (χ0n) is 16.0. The summed E-state index contributed by atoms with van der Waals surface area (Å²) in [5, 5.41) is 13.9. The number of sulfonamides is 1. The second-order valence-electron chi connectivity index (χ2n) is 6.35. The molecule has 0 radical (unpaired) electrons. The van der Waals surface area contributed by atoms with E-state index >= 15 is 0 Å². The number of nitro groups is 1. The van der Waals surface area contributed by atoms with Gasteiger partial charge in [-0.25, -0.2) is 8.42 Å². The molecule has 1 N–H and O–H groups in total. The number of nitrogens with one attached hydrogen (secondary N) is 1. The zero-order chi connectivity index (χ0) is 21.7. The third kappa shape index (κ3) is 4.56. The van der Waals surface area contributed by atoms with Crippen molar-refractivity contribution in [1.29, 1.82) is 0 Å². The fourth-order valence-electron chi connectivity index (χ4n) is 2.88. The van der Waals surface area contributed by atoms with Gasteiger partial charge in [-0.2, -0.15) is 4.31 Å². The van der Waals surface area contributed by atoms with Gasteiger partial charge >= 0.3 is 0 Å². The predicted molar refractivity (Wildman–Crippen MR) is 108 cm³/mol. The molecule has 0 aliphatic heterocycles. The molecule has 30 heavy (non-hydrogen) atoms. The van der Waals surface area contributed by atoms with Crippen LogP contribution in [-0.4, -0.2) is 30.6 Å². The van der Waals surface area contributed by atoms with E-state index in [1.165, 1.54) is 31.5 Å². The summed E-state index contributed by atoms with van der Waals surface area (Å²) in [6, 6.07) is 14.9. The van der Waals surface area contributed by atoms with Gasteiger partial charge in [-0.05, 0) is 35.9 Å². The highest BCUT2D eigenvalue weighted by Gasteiger charge is 2.32. The first-order valence-electron chi connectivity index (χ1n) is 8.90. The lowest BCUT2D eigenvalue weighted by Gasteiger charge is -2.21. The summed E-state index contributed by atoms with van der Waals surface area (Å²) in [6.45, 7) is -0.179. The Labute approximate surface area is 173 Å². The van der Waals surface area contributed by atoms with E-state index in [-0.39, 0.29) is 19.0 Å². The zero-order valence-corrected chi connectivity index (χ0v) is 16.8. The van der Waals surface area contributed by atoms with Crippen molar-refractivity contribution in [2.24, 2.45) is 0 Å². The lowest BCUT2D eigenvalue weighted by atomic mass is 10.1. The Morgan fingerprint density at radius 3 is 2.37 bits per heavy atom. The monoisotopic (exact) mass is 429 g/mol. The molecule has 0 saturated heterocycles. The molecule has 9 nitrogen and oxygen atoms in total. The minimum absolute atomic E-state index is 0.0664. The third-order valence-corrected chi connectivity index (χ3v) is 6.23. The van der Waals surface area contributed by atoms with Crippen LogP contribution in [0.15, 0.2) is 76.2 Å². The minimum Gasteiger partial charge on any atom is -0.468 e. The number of furan rings is 1. The van der Waals surface area contributed by atoms with Gasteiger partial charge in [0, 0.05) is 25.2 Å². The Balaban J connectivity index is 1.99. The predicted octanol–water partition coefficient (Wildman–Crippen LogP) is 2.94. The number of amides is 1. The number of para-hydroxylation sites is 1. The molecule has 0 aliphatic carbocycles. The van der Waals surface area contributed by atoms with Gasteiger partial charge in [0.25, 0.3) is 21.6 Å². The van der Waals surface area contributed by atoms with Gasteiger partial charge in [0.2, 0.25) is 0 Å². The highest BCUT2D eigenvalue weighted by Crippen LogP contribution is 2.28. The maximum Gasteiger partial charge on any atom is 0.289 e. The van der Waals surface area contributed by atoms with Crippen LogP contribution in [0.3, 0.4) is 0 Å². The normalized spacial score (nSPS) is 11.4. The fourth-order valence-corrected chi connectivity index (χ4v) is 4.43. The smallest absolute Gasteiger partial charge is 0.289 e. The maximum atomic E-state index is 13.3. The van der Waals surface area contributed by atoms with Crippen LogP contribution >= 0.6 is 0 Å². The number of benzene rings is 2. The summed E-state index contributed by atoms with van der Waals surface area (Å²) in [5.41, 5.74) is 0.536. The summed E-state index contributed by atoms with van der Waals surface area (Å²) in [7, 11) is -2.72. The molecule has 0 unspecified atom stereocenters. The number of nitrogens with zero attached hydrogens (tertiary/aromatic N) is 2. The molecule has 0 atom stereocenters. The summed E-state index contributed by atoms with van der Waals surface area (Å²) in [5.74, 6) is 0.126. The Bertz CT molecular complexity index is 1140. The first-order valence-corrected chi connectivity index (χ1v) is 10.3. The van der Waals surface area contributed by atoms with Crippen LogP contribution < -0.4 is 5.32 Å². The van der Waals surface area contributed by atoms with Gasteiger partial charge in [0.1, 0.15) is 5.76 Å². The van der Waals surface area contributed by atoms with Crippen LogP contribution in [0, 0.1) is 10.1 Å². The molecule has 3 rings (SSSR count). The van der Waals surface area contributed by atoms with Crippen molar-refractivity contribution in [3.63, 3.8) is 0 Å². The van der Waals surface area contributed by atoms with Crippen molar-refractivity contribution in [3.8, 4) is 0 Å². The van der Waals surface area contributed by atoms with Crippen LogP contribution in [0.1, 0.15) is 21.7 Å². The maximum absolute atomic E-state index is 13.3. The topological polar surface area (TPSA) is 123 Å². The van der Waals surface area contributed by atoms with Crippen molar-refractivity contribution in [2.75, 3.05) is 7.05 Å². The second kappa shape index (κ2) is 8.89. The van der Waals surface area contributed by atoms with Crippen LogP contribution in [0.4, 0.5) is 5.69 Å². The van der Waals surface area contributed by atoms with E-state index < -0.39 is 25.5 Å². The number of nitro benzene ring substituents is 1. The molecule has 0 spiro atoms. The average molecular weight is 429 g/mol. The number of hydrogen-bond acceptors (Lipinski definition) is 6. The quantitative estimate of drug-likeness (QED) is 0.434. The van der Waals surface area contributed by atoms with Crippen LogP contribution in [0.5, 0.6) is 0 Å². The van der Waals surface area contributed by atoms with Crippen molar-refractivity contribution >= 4 is 21.6 Å². The molecule has 0 aliphatic rings. The van der Waals surface area contributed by atoms with Gasteiger partial charge in [-0.3, -0.25) is 14.9 Å². The van der Waals surface area contributed by atoms with Gasteiger partial charge in [0.05, 0.1) is 17.7 Å². The van der Waals surface area contributed by atoms with Gasteiger partial charge in [0.15, 0.2) is 4.90 Å². The lowest BCUT2D eigenvalue weighted by Crippen LogP contribution is -2.30. The van der Waals surface area contributed by atoms with Crippen molar-refractivity contribution in [3.05, 3.63) is 93.9 Å². The van der Waals surface area contributed by atoms with E-state index in [0.717, 1.165) is 10.4 Å². The SMILES string of the molecule is CNC(=O)c1ccc(CN(Cc2ccco2)S(=O)(=O)c2ccccc2[N+](=O)[O-])cc1. The highest BCUT2D eigenvalue weighted by atomic mass is 32.2. The minimum atomic E-state index is -4.23. The molecular weight excluding hydrogens is 410 g/mol. The second-order valence-corrected chi connectivity index (χ2v) is 8.26. The van der Waals surface area contributed by atoms with Crippen molar-refractivity contribution in [1.82, 2.24) is 9.62 Å². The molecule has 1 aromatic heterocycles. The van der Waals surface area contributed by atoms with E-state index in [9.17, 15) is 23.3 Å². The molecule has 2 aromatic carbocycles. The molecular formula is C20H19N3O6S. The van der Waals surface area contributed by atoms with E-state index in [1.54, 1.807) is 36.4 Å². The lowest BCUT2D eigenvalue weighted by molar-refractivity contribution is -0.387. The van der Waals surface area contributed by atoms with Gasteiger partial charge < -0.3 is 9.73 Å². The van der Waals surface area contributed by atoms with Crippen LogP contribution in [0.25, 0.3) is 0 Å². The van der Waals surface area contributed by atoms with E-state index in [2.05, 4.69) is 5.32 Å². The summed E-state index contributed by atoms with van der Waals surface area (Å²) in [4.78, 5) is 21.9. The molecule has 156 valence electrons. The van der Waals surface area contributed by atoms with Crippen molar-refractivity contribution < 1.29 is 22.6 Å². The summed E-state index contributed by atoms with van der Waals surface area (Å²) < 4.78 is 33.0. The fraction of sp³-hybridized carbons (Fsp3) is 0.150. The van der Waals surface area contributed by atoms with E-state index in [0.29, 0.717) is 16.9 Å². The largest absolute Gasteiger partial charge is 0.468 e. The summed E-state index contributed by atoms with van der Waals surface area (Å²) >= 11 is 0. The first-order chi connectivity index (χ1) is 14.3. The van der Waals surface area contributed by atoms with Crippen LogP contribution in [0.2, 0.25) is 0 Å². The molecule has 1 heterocycles. The highest BCUT2D eigenvalue weighted by molar-refractivity contribution is 7.89. The molecule has 0 fully saturated rings. The Morgan fingerprint density at radius 1 is 1.07 bits per heavy atom. The van der Waals surface area contributed by atoms with Gasteiger partial charge in [-0.15, -0.1) is 0 Å². The van der Waals surface area contributed by atoms with Crippen molar-refractivity contribution in [2.45, 2.75) is 18.0 Å². The molecule has 10 heteroatoms. The average Bonchev–Trinajstić information content (AvgIpc) is 3.26. The third-order valence-electron chi connectivity index (χ3n) is 4.39. The number of carbonyl (C=O) groups is 1. The first kappa shape index (κ1) is 21.2. The molecule has 0 saturated carbocycles. The molecule has 1 amide bonds. The Morgan fingerprint density at radius 2 is 1.77 bits per heavy atom. The number of rotatable bonds is 8. The number of carbonyl (C=O) groups excluding carboxylic acids is 1. The standard InChI is InChI=1S/C20H19N3O6S/c1-21-20(24)16-10-8-15(9-11-16)13-22(14-17-5-4-12-29-17)30(27,28)19-7-3-2-6-18(19)23(25)26/h2-12H,13-14H2,1H3,(H,21,24). The summed E-state index contributed by atoms with van der Waals surface area (Å²) in [6.07, 6.45) is 1.42.